The largest absolute Gasteiger partial charge is 0.352 e. The van der Waals surface area contributed by atoms with Gasteiger partial charge in [-0.05, 0) is 55.9 Å². The lowest BCUT2D eigenvalue weighted by Crippen LogP contribution is -2.49. The summed E-state index contributed by atoms with van der Waals surface area (Å²) in [6, 6.07) is 5.43. The molecule has 1 N–H and O–H groups in total. The van der Waals surface area contributed by atoms with E-state index in [1.807, 2.05) is 0 Å². The zero-order valence-corrected chi connectivity index (χ0v) is 15.5. The predicted molar refractivity (Wildman–Crippen MR) is 98.5 cm³/mol. The first-order chi connectivity index (χ1) is 13.0. The number of rotatable bonds is 5. The van der Waals surface area contributed by atoms with Gasteiger partial charge in [0.1, 0.15) is 5.82 Å². The van der Waals surface area contributed by atoms with Gasteiger partial charge >= 0.3 is 0 Å². The first-order valence-corrected chi connectivity index (χ1v) is 9.62. The fraction of sp³-hybridized carbons (Fsp3) is 0.550. The van der Waals surface area contributed by atoms with E-state index in [0.717, 1.165) is 25.7 Å². The lowest BCUT2D eigenvalue weighted by molar-refractivity contribution is -0.142. The van der Waals surface area contributed by atoms with Crippen molar-refractivity contribution in [2.75, 3.05) is 32.7 Å². The third-order valence-corrected chi connectivity index (χ3v) is 5.28. The smallest absolute Gasteiger partial charge is 0.251 e. The number of hydrogen-bond donors (Lipinski definition) is 1. The van der Waals surface area contributed by atoms with Crippen LogP contribution < -0.4 is 5.32 Å². The van der Waals surface area contributed by atoms with E-state index in [0.29, 0.717) is 38.2 Å². The van der Waals surface area contributed by atoms with Crippen LogP contribution in [0.1, 0.15) is 42.5 Å². The van der Waals surface area contributed by atoms with E-state index in [-0.39, 0.29) is 36.0 Å². The van der Waals surface area contributed by atoms with Crippen LogP contribution in [0.2, 0.25) is 0 Å². The van der Waals surface area contributed by atoms with Crippen molar-refractivity contribution >= 4 is 17.7 Å². The van der Waals surface area contributed by atoms with Crippen LogP contribution in [0.15, 0.2) is 24.3 Å². The molecule has 146 valence electrons. The Hall–Kier alpha value is -2.44. The van der Waals surface area contributed by atoms with Gasteiger partial charge in [0, 0.05) is 38.2 Å². The Morgan fingerprint density at radius 1 is 1.11 bits per heavy atom. The Labute approximate surface area is 158 Å². The van der Waals surface area contributed by atoms with E-state index in [1.54, 1.807) is 9.80 Å². The summed E-state index contributed by atoms with van der Waals surface area (Å²) >= 11 is 0. The first kappa shape index (κ1) is 19.3. The highest BCUT2D eigenvalue weighted by Crippen LogP contribution is 2.17. The van der Waals surface area contributed by atoms with Gasteiger partial charge in [-0.15, -0.1) is 0 Å². The van der Waals surface area contributed by atoms with Gasteiger partial charge in [0.15, 0.2) is 0 Å². The number of likely N-dealkylation sites (tertiary alicyclic amines) is 2. The van der Waals surface area contributed by atoms with E-state index >= 15 is 0 Å². The highest BCUT2D eigenvalue weighted by atomic mass is 19.1. The number of piperidine rings is 2. The average molecular weight is 375 g/mol. The summed E-state index contributed by atoms with van der Waals surface area (Å²) in [5, 5.41) is 2.87. The Kier molecular flexibility index (Phi) is 6.42. The molecule has 1 aromatic rings. The Morgan fingerprint density at radius 3 is 2.63 bits per heavy atom. The first-order valence-electron chi connectivity index (χ1n) is 9.62. The van der Waals surface area contributed by atoms with E-state index in [9.17, 15) is 18.8 Å². The molecule has 0 radical (unpaired) electrons. The van der Waals surface area contributed by atoms with Gasteiger partial charge in [0.05, 0.1) is 6.54 Å². The molecular formula is C20H26FN3O3. The van der Waals surface area contributed by atoms with E-state index < -0.39 is 0 Å². The summed E-state index contributed by atoms with van der Waals surface area (Å²) in [6.45, 7) is 2.58. The second kappa shape index (κ2) is 8.97. The summed E-state index contributed by atoms with van der Waals surface area (Å²) in [4.78, 5) is 40.1. The summed E-state index contributed by atoms with van der Waals surface area (Å²) < 4.78 is 12.9. The van der Waals surface area contributed by atoms with Crippen molar-refractivity contribution in [2.24, 2.45) is 5.92 Å². The SMILES string of the molecule is O=C(NC[C@@H]1CCCN(C(=O)CN2CCCCC2=O)C1)c1ccc(F)cc1. The van der Waals surface area contributed by atoms with Crippen LogP contribution >= 0.6 is 0 Å². The maximum atomic E-state index is 12.9. The molecule has 0 bridgehead atoms. The van der Waals surface area contributed by atoms with Gasteiger partial charge in [-0.25, -0.2) is 4.39 Å². The number of benzene rings is 1. The second-order valence-corrected chi connectivity index (χ2v) is 7.34. The molecule has 2 fully saturated rings. The molecule has 2 aliphatic heterocycles. The maximum absolute atomic E-state index is 12.9. The van der Waals surface area contributed by atoms with Crippen LogP contribution in [-0.4, -0.2) is 60.2 Å². The van der Waals surface area contributed by atoms with Gasteiger partial charge in [0.25, 0.3) is 5.91 Å². The lowest BCUT2D eigenvalue weighted by atomic mass is 9.97. The molecule has 0 unspecified atom stereocenters. The standard InChI is InChI=1S/C20H26FN3O3/c21-17-8-6-16(7-9-17)20(27)22-12-15-4-3-11-23(13-15)19(26)14-24-10-2-1-5-18(24)25/h6-9,15H,1-5,10-14H2,(H,22,27)/t15-/m0/s1. The van der Waals surface area contributed by atoms with Gasteiger partial charge in [-0.2, -0.15) is 0 Å². The van der Waals surface area contributed by atoms with Crippen LogP contribution in [0.25, 0.3) is 0 Å². The monoisotopic (exact) mass is 375 g/mol. The minimum atomic E-state index is -0.375. The Morgan fingerprint density at radius 2 is 1.89 bits per heavy atom. The summed E-state index contributed by atoms with van der Waals surface area (Å²) in [6.07, 6.45) is 4.22. The number of halogens is 1. The number of amides is 3. The summed E-state index contributed by atoms with van der Waals surface area (Å²) in [5.41, 5.74) is 0.420. The molecule has 1 atom stereocenters. The molecule has 27 heavy (non-hydrogen) atoms. The fourth-order valence-electron chi connectivity index (χ4n) is 3.69. The lowest BCUT2D eigenvalue weighted by Gasteiger charge is -2.35. The quantitative estimate of drug-likeness (QED) is 0.853. The third-order valence-electron chi connectivity index (χ3n) is 5.28. The van der Waals surface area contributed by atoms with E-state index in [2.05, 4.69) is 5.32 Å². The summed E-state index contributed by atoms with van der Waals surface area (Å²) in [5.74, 6) is -0.378. The van der Waals surface area contributed by atoms with Crippen LogP contribution in [0.5, 0.6) is 0 Å². The fourth-order valence-corrected chi connectivity index (χ4v) is 3.69. The molecule has 3 amide bonds. The van der Waals surface area contributed by atoms with E-state index in [1.165, 1.54) is 24.3 Å². The third kappa shape index (κ3) is 5.28. The number of hydrogen-bond acceptors (Lipinski definition) is 3. The Bertz CT molecular complexity index is 692. The molecule has 1 aromatic carbocycles. The normalized spacial score (nSPS) is 20.5. The van der Waals surface area contributed by atoms with Crippen LogP contribution in [-0.2, 0) is 9.59 Å². The van der Waals surface area contributed by atoms with Crippen molar-refractivity contribution in [3.8, 4) is 0 Å². The van der Waals surface area contributed by atoms with Gasteiger partial charge in [-0.3, -0.25) is 14.4 Å². The highest BCUT2D eigenvalue weighted by molar-refractivity contribution is 5.94. The Balaban J connectivity index is 1.47. The van der Waals surface area contributed by atoms with Gasteiger partial charge in [-0.1, -0.05) is 0 Å². The molecular weight excluding hydrogens is 349 g/mol. The van der Waals surface area contributed by atoms with E-state index in [4.69, 9.17) is 0 Å². The number of carbonyl (C=O) groups excluding carboxylic acids is 3. The van der Waals surface area contributed by atoms with Crippen molar-refractivity contribution in [3.05, 3.63) is 35.6 Å². The average Bonchev–Trinajstić information content (AvgIpc) is 2.68. The number of carbonyl (C=O) groups is 3. The van der Waals surface area contributed by atoms with Crippen molar-refractivity contribution in [2.45, 2.75) is 32.1 Å². The molecule has 7 heteroatoms. The number of nitrogens with one attached hydrogen (secondary N) is 1. The molecule has 0 saturated carbocycles. The number of nitrogens with zero attached hydrogens (tertiary/aromatic N) is 2. The molecule has 0 aliphatic carbocycles. The van der Waals surface area contributed by atoms with Crippen LogP contribution in [0.3, 0.4) is 0 Å². The van der Waals surface area contributed by atoms with Crippen LogP contribution in [0, 0.1) is 11.7 Å². The molecule has 2 aliphatic rings. The van der Waals surface area contributed by atoms with Gasteiger partial charge < -0.3 is 15.1 Å². The topological polar surface area (TPSA) is 69.7 Å². The molecule has 0 aromatic heterocycles. The second-order valence-electron chi connectivity index (χ2n) is 7.34. The minimum absolute atomic E-state index is 0.0141. The van der Waals surface area contributed by atoms with Crippen molar-refractivity contribution in [3.63, 3.8) is 0 Å². The molecule has 0 spiro atoms. The summed E-state index contributed by atoms with van der Waals surface area (Å²) in [7, 11) is 0. The van der Waals surface area contributed by atoms with Crippen LogP contribution in [0.4, 0.5) is 4.39 Å². The molecule has 2 saturated heterocycles. The van der Waals surface area contributed by atoms with Crippen molar-refractivity contribution in [1.82, 2.24) is 15.1 Å². The van der Waals surface area contributed by atoms with Crippen molar-refractivity contribution in [1.29, 1.82) is 0 Å². The predicted octanol–water partition coefficient (Wildman–Crippen LogP) is 1.81. The highest BCUT2D eigenvalue weighted by Gasteiger charge is 2.27. The van der Waals surface area contributed by atoms with Gasteiger partial charge in [0.2, 0.25) is 11.8 Å². The molecule has 3 rings (SSSR count). The maximum Gasteiger partial charge on any atom is 0.251 e. The minimum Gasteiger partial charge on any atom is -0.352 e. The zero-order valence-electron chi connectivity index (χ0n) is 15.5. The van der Waals surface area contributed by atoms with Crippen molar-refractivity contribution < 1.29 is 18.8 Å². The molecule has 2 heterocycles. The zero-order chi connectivity index (χ0) is 19.2. The molecule has 6 nitrogen and oxygen atoms in total.